The second-order valence-electron chi connectivity index (χ2n) is 4.26. The van der Waals surface area contributed by atoms with Crippen LogP contribution < -0.4 is 4.74 Å². The Hall–Kier alpha value is -1.59. The molecule has 0 aliphatic carbocycles. The molecule has 18 heavy (non-hydrogen) atoms. The first-order valence-corrected chi connectivity index (χ1v) is 5.83. The van der Waals surface area contributed by atoms with Crippen LogP contribution in [0.4, 0.5) is 0 Å². The molecule has 1 aliphatic heterocycles. The number of aliphatic imine (C=N–C) groups is 1. The SMILES string of the molecule is COc1ccc(CC2OC=NCC(O)C2O)cc1. The van der Waals surface area contributed by atoms with E-state index in [1.165, 1.54) is 6.40 Å². The van der Waals surface area contributed by atoms with Crippen LogP contribution in [0.1, 0.15) is 5.56 Å². The van der Waals surface area contributed by atoms with Crippen LogP contribution in [-0.2, 0) is 11.2 Å². The first-order chi connectivity index (χ1) is 8.70. The Balaban J connectivity index is 2.04. The van der Waals surface area contributed by atoms with Gasteiger partial charge in [0.25, 0.3) is 0 Å². The monoisotopic (exact) mass is 251 g/mol. The van der Waals surface area contributed by atoms with Crippen molar-refractivity contribution in [3.8, 4) is 5.75 Å². The highest BCUT2D eigenvalue weighted by molar-refractivity contribution is 5.47. The van der Waals surface area contributed by atoms with Gasteiger partial charge in [-0.3, -0.25) is 4.99 Å². The fourth-order valence-electron chi connectivity index (χ4n) is 1.87. The Labute approximate surface area is 106 Å². The third kappa shape index (κ3) is 3.00. The summed E-state index contributed by atoms with van der Waals surface area (Å²) in [6.45, 7) is 0.167. The molecule has 2 rings (SSSR count). The highest BCUT2D eigenvalue weighted by Crippen LogP contribution is 2.17. The summed E-state index contributed by atoms with van der Waals surface area (Å²) in [4.78, 5) is 3.84. The van der Waals surface area contributed by atoms with Gasteiger partial charge in [0.2, 0.25) is 0 Å². The molecule has 3 unspecified atom stereocenters. The number of rotatable bonds is 3. The Morgan fingerprint density at radius 3 is 2.72 bits per heavy atom. The molecule has 1 aromatic carbocycles. The first kappa shape index (κ1) is 12.9. The lowest BCUT2D eigenvalue weighted by Crippen LogP contribution is -2.40. The van der Waals surface area contributed by atoms with Crippen molar-refractivity contribution >= 4 is 6.40 Å². The fraction of sp³-hybridized carbons (Fsp3) is 0.462. The zero-order chi connectivity index (χ0) is 13.0. The number of benzene rings is 1. The molecule has 5 nitrogen and oxygen atoms in total. The zero-order valence-electron chi connectivity index (χ0n) is 10.2. The maximum atomic E-state index is 9.90. The van der Waals surface area contributed by atoms with Gasteiger partial charge in [-0.1, -0.05) is 12.1 Å². The van der Waals surface area contributed by atoms with Crippen LogP contribution in [-0.4, -0.2) is 48.6 Å². The van der Waals surface area contributed by atoms with Crippen LogP contribution >= 0.6 is 0 Å². The van der Waals surface area contributed by atoms with Crippen molar-refractivity contribution in [2.45, 2.75) is 24.7 Å². The second-order valence-corrected chi connectivity index (χ2v) is 4.26. The molecule has 0 spiro atoms. The molecule has 0 amide bonds. The van der Waals surface area contributed by atoms with E-state index in [2.05, 4.69) is 4.99 Å². The molecule has 1 aromatic rings. The summed E-state index contributed by atoms with van der Waals surface area (Å²) in [6.07, 6.45) is -0.497. The first-order valence-electron chi connectivity index (χ1n) is 5.83. The number of ether oxygens (including phenoxy) is 2. The number of hydrogen-bond acceptors (Lipinski definition) is 5. The molecule has 1 aliphatic rings. The predicted octanol–water partition coefficient (Wildman–Crippen LogP) is 0.387. The summed E-state index contributed by atoms with van der Waals surface area (Å²) < 4.78 is 10.4. The highest BCUT2D eigenvalue weighted by atomic mass is 16.5. The van der Waals surface area contributed by atoms with Gasteiger partial charge < -0.3 is 19.7 Å². The largest absolute Gasteiger partial charge is 0.497 e. The van der Waals surface area contributed by atoms with Crippen LogP contribution in [0.5, 0.6) is 5.75 Å². The van der Waals surface area contributed by atoms with E-state index in [1.807, 2.05) is 24.3 Å². The van der Waals surface area contributed by atoms with Crippen molar-refractivity contribution in [1.29, 1.82) is 0 Å². The van der Waals surface area contributed by atoms with Crippen molar-refractivity contribution in [3.63, 3.8) is 0 Å². The molecule has 5 heteroatoms. The molecule has 0 saturated carbocycles. The van der Waals surface area contributed by atoms with Crippen molar-refractivity contribution in [2.24, 2.45) is 4.99 Å². The van der Waals surface area contributed by atoms with Crippen LogP contribution in [0.15, 0.2) is 29.3 Å². The number of hydrogen-bond donors (Lipinski definition) is 2. The van der Waals surface area contributed by atoms with Gasteiger partial charge in [0.1, 0.15) is 24.1 Å². The third-order valence-corrected chi connectivity index (χ3v) is 2.97. The van der Waals surface area contributed by atoms with E-state index in [-0.39, 0.29) is 6.54 Å². The molecule has 0 radical (unpaired) electrons. The maximum Gasteiger partial charge on any atom is 0.170 e. The van der Waals surface area contributed by atoms with Crippen molar-refractivity contribution < 1.29 is 19.7 Å². The lowest BCUT2D eigenvalue weighted by atomic mass is 10.0. The topological polar surface area (TPSA) is 71.3 Å². The van der Waals surface area contributed by atoms with Crippen LogP contribution in [0, 0.1) is 0 Å². The van der Waals surface area contributed by atoms with E-state index in [0.29, 0.717) is 6.42 Å². The van der Waals surface area contributed by atoms with E-state index in [4.69, 9.17) is 9.47 Å². The zero-order valence-corrected chi connectivity index (χ0v) is 10.2. The minimum atomic E-state index is -0.936. The molecule has 2 N–H and O–H groups in total. The van der Waals surface area contributed by atoms with Crippen LogP contribution in [0.25, 0.3) is 0 Å². The van der Waals surface area contributed by atoms with E-state index in [0.717, 1.165) is 11.3 Å². The number of nitrogens with zero attached hydrogens (tertiary/aromatic N) is 1. The summed E-state index contributed by atoms with van der Waals surface area (Å²) in [7, 11) is 1.61. The quantitative estimate of drug-likeness (QED) is 0.815. The summed E-state index contributed by atoms with van der Waals surface area (Å²) in [5.74, 6) is 0.780. The van der Waals surface area contributed by atoms with Crippen LogP contribution in [0.2, 0.25) is 0 Å². The lowest BCUT2D eigenvalue weighted by Gasteiger charge is -2.23. The highest BCUT2D eigenvalue weighted by Gasteiger charge is 2.29. The fourth-order valence-corrected chi connectivity index (χ4v) is 1.87. The smallest absolute Gasteiger partial charge is 0.170 e. The van der Waals surface area contributed by atoms with Gasteiger partial charge in [-0.25, -0.2) is 0 Å². The summed E-state index contributed by atoms with van der Waals surface area (Å²) >= 11 is 0. The summed E-state index contributed by atoms with van der Waals surface area (Å²) in [5.41, 5.74) is 1.00. The molecule has 1 heterocycles. The molecular weight excluding hydrogens is 234 g/mol. The van der Waals surface area contributed by atoms with Crippen molar-refractivity contribution in [3.05, 3.63) is 29.8 Å². The number of aliphatic hydroxyl groups is 2. The van der Waals surface area contributed by atoms with E-state index < -0.39 is 18.3 Å². The molecule has 3 atom stereocenters. The Morgan fingerprint density at radius 1 is 1.33 bits per heavy atom. The van der Waals surface area contributed by atoms with Gasteiger partial charge in [-0.05, 0) is 17.7 Å². The Kier molecular flexibility index (Phi) is 4.17. The average Bonchev–Trinajstić information content (AvgIpc) is 2.55. The standard InChI is InChI=1S/C13H17NO4/c1-17-10-4-2-9(3-5-10)6-12-13(16)11(15)7-14-8-18-12/h2-5,8,11-13,15-16H,6-7H2,1H3. The maximum absolute atomic E-state index is 9.90. The van der Waals surface area contributed by atoms with Gasteiger partial charge in [0.05, 0.1) is 13.7 Å². The Bertz CT molecular complexity index is 404. The lowest BCUT2D eigenvalue weighted by molar-refractivity contribution is -0.0400. The van der Waals surface area contributed by atoms with E-state index >= 15 is 0 Å². The van der Waals surface area contributed by atoms with Crippen molar-refractivity contribution in [2.75, 3.05) is 13.7 Å². The molecule has 0 fully saturated rings. The Morgan fingerprint density at radius 2 is 2.06 bits per heavy atom. The van der Waals surface area contributed by atoms with Gasteiger partial charge in [-0.15, -0.1) is 0 Å². The summed E-state index contributed by atoms with van der Waals surface area (Å²) in [5, 5.41) is 19.5. The van der Waals surface area contributed by atoms with E-state index in [9.17, 15) is 10.2 Å². The molecule has 0 bridgehead atoms. The number of aliphatic hydroxyl groups excluding tert-OH is 2. The van der Waals surface area contributed by atoms with Gasteiger partial charge in [0.15, 0.2) is 6.40 Å². The minimum absolute atomic E-state index is 0.167. The van der Waals surface area contributed by atoms with Crippen LogP contribution in [0.3, 0.4) is 0 Å². The number of methoxy groups -OCH3 is 1. The average molecular weight is 251 g/mol. The van der Waals surface area contributed by atoms with E-state index in [1.54, 1.807) is 7.11 Å². The normalized spacial score (nSPS) is 27.4. The van der Waals surface area contributed by atoms with Gasteiger partial charge in [0, 0.05) is 6.42 Å². The van der Waals surface area contributed by atoms with Gasteiger partial charge in [-0.2, -0.15) is 0 Å². The third-order valence-electron chi connectivity index (χ3n) is 2.97. The molecule has 98 valence electrons. The summed E-state index contributed by atoms with van der Waals surface area (Å²) in [6, 6.07) is 7.51. The molecule has 0 saturated heterocycles. The minimum Gasteiger partial charge on any atom is -0.497 e. The molecular formula is C13H17NO4. The van der Waals surface area contributed by atoms with Gasteiger partial charge >= 0.3 is 0 Å². The predicted molar refractivity (Wildman–Crippen MR) is 66.9 cm³/mol. The second kappa shape index (κ2) is 5.84. The van der Waals surface area contributed by atoms with Crippen molar-refractivity contribution in [1.82, 2.24) is 0 Å². The molecule has 0 aromatic heterocycles.